The van der Waals surface area contributed by atoms with Gasteiger partial charge in [-0.2, -0.15) is 0 Å². The number of amides is 2. The molecule has 1 aromatic carbocycles. The summed E-state index contributed by atoms with van der Waals surface area (Å²) < 4.78 is 0. The molecule has 0 unspecified atom stereocenters. The molecule has 5 N–H and O–H groups in total. The lowest BCUT2D eigenvalue weighted by atomic mass is 9.66. The third-order valence-electron chi connectivity index (χ3n) is 3.90. The summed E-state index contributed by atoms with van der Waals surface area (Å²) in [6, 6.07) is 4.64. The van der Waals surface area contributed by atoms with Crippen molar-refractivity contribution in [2.24, 2.45) is 16.9 Å². The Labute approximate surface area is 122 Å². The first-order valence-electron chi connectivity index (χ1n) is 6.55. The van der Waals surface area contributed by atoms with Gasteiger partial charge in [0.2, 0.25) is 11.8 Å². The van der Waals surface area contributed by atoms with Crippen LogP contribution in [0.25, 0.3) is 0 Å². The van der Waals surface area contributed by atoms with E-state index in [-0.39, 0.29) is 21.9 Å². The minimum atomic E-state index is -0.593. The van der Waals surface area contributed by atoms with Gasteiger partial charge in [0.15, 0.2) is 0 Å². The summed E-state index contributed by atoms with van der Waals surface area (Å²) in [7, 11) is 0. The van der Waals surface area contributed by atoms with Crippen molar-refractivity contribution in [2.45, 2.75) is 25.7 Å². The number of benzene rings is 1. The van der Waals surface area contributed by atoms with Crippen LogP contribution >= 0.6 is 11.6 Å². The fourth-order valence-electron chi connectivity index (χ4n) is 2.47. The molecule has 2 rings (SSSR count). The number of rotatable bonds is 5. The Balaban J connectivity index is 2.01. The van der Waals surface area contributed by atoms with E-state index in [9.17, 15) is 9.59 Å². The largest absolute Gasteiger partial charge is 0.366 e. The molecule has 1 aliphatic rings. The van der Waals surface area contributed by atoms with Gasteiger partial charge in [0.25, 0.3) is 0 Å². The number of carbonyl (C=O) groups is 2. The fraction of sp³-hybridized carbons (Fsp3) is 0.429. The SMILES string of the molecule is NCC1(CC(=O)Nc2ccc(C(N)=O)c(Cl)c2)CCC1. The third-order valence-corrected chi connectivity index (χ3v) is 4.21. The summed E-state index contributed by atoms with van der Waals surface area (Å²) in [5.41, 5.74) is 11.7. The topological polar surface area (TPSA) is 98.2 Å². The molecule has 0 radical (unpaired) electrons. The zero-order valence-electron chi connectivity index (χ0n) is 11.1. The summed E-state index contributed by atoms with van der Waals surface area (Å²) in [4.78, 5) is 23.1. The van der Waals surface area contributed by atoms with Gasteiger partial charge in [0, 0.05) is 12.1 Å². The molecule has 2 amide bonds. The van der Waals surface area contributed by atoms with Crippen LogP contribution in [0.3, 0.4) is 0 Å². The van der Waals surface area contributed by atoms with E-state index in [2.05, 4.69) is 5.32 Å². The standard InChI is InChI=1S/C14H18ClN3O2/c15-11-6-9(2-3-10(11)13(17)20)18-12(19)7-14(8-16)4-1-5-14/h2-3,6H,1,4-5,7-8,16H2,(H2,17,20)(H,18,19). The number of nitrogens with two attached hydrogens (primary N) is 2. The molecule has 1 saturated carbocycles. The summed E-state index contributed by atoms with van der Waals surface area (Å²) in [5.74, 6) is -0.678. The zero-order chi connectivity index (χ0) is 14.8. The minimum absolute atomic E-state index is 0.0406. The Bertz CT molecular complexity index is 536. The average molecular weight is 296 g/mol. The van der Waals surface area contributed by atoms with Crippen molar-refractivity contribution in [3.05, 3.63) is 28.8 Å². The van der Waals surface area contributed by atoms with Gasteiger partial charge in [0.1, 0.15) is 0 Å². The lowest BCUT2D eigenvalue weighted by Gasteiger charge is -2.40. The second-order valence-electron chi connectivity index (χ2n) is 5.34. The van der Waals surface area contributed by atoms with E-state index in [4.69, 9.17) is 23.1 Å². The number of anilines is 1. The van der Waals surface area contributed by atoms with Gasteiger partial charge in [-0.25, -0.2) is 0 Å². The Morgan fingerprint density at radius 2 is 2.05 bits per heavy atom. The fourth-order valence-corrected chi connectivity index (χ4v) is 2.74. The molecule has 0 spiro atoms. The molecule has 6 heteroatoms. The third kappa shape index (κ3) is 3.11. The first-order valence-corrected chi connectivity index (χ1v) is 6.93. The van der Waals surface area contributed by atoms with E-state index >= 15 is 0 Å². The van der Waals surface area contributed by atoms with E-state index in [1.54, 1.807) is 6.07 Å². The van der Waals surface area contributed by atoms with E-state index < -0.39 is 5.91 Å². The van der Waals surface area contributed by atoms with Crippen molar-refractivity contribution in [2.75, 3.05) is 11.9 Å². The summed E-state index contributed by atoms with van der Waals surface area (Å²) in [6.45, 7) is 0.530. The Morgan fingerprint density at radius 1 is 1.35 bits per heavy atom. The lowest BCUT2D eigenvalue weighted by Crippen LogP contribution is -2.40. The second-order valence-corrected chi connectivity index (χ2v) is 5.75. The van der Waals surface area contributed by atoms with Gasteiger partial charge >= 0.3 is 0 Å². The molecule has 0 heterocycles. The van der Waals surface area contributed by atoms with Gasteiger partial charge in [-0.3, -0.25) is 9.59 Å². The molecule has 0 atom stereocenters. The normalized spacial score (nSPS) is 16.3. The molecule has 1 aromatic rings. The van der Waals surface area contributed by atoms with Crippen molar-refractivity contribution < 1.29 is 9.59 Å². The number of hydrogen-bond donors (Lipinski definition) is 3. The van der Waals surface area contributed by atoms with Gasteiger partial charge in [-0.05, 0) is 43.0 Å². The quantitative estimate of drug-likeness (QED) is 0.773. The van der Waals surface area contributed by atoms with Crippen molar-refractivity contribution in [1.82, 2.24) is 0 Å². The lowest BCUT2D eigenvalue weighted by molar-refractivity contribution is -0.119. The number of hydrogen-bond acceptors (Lipinski definition) is 3. The number of nitrogens with one attached hydrogen (secondary N) is 1. The summed E-state index contributed by atoms with van der Waals surface area (Å²) >= 11 is 5.93. The van der Waals surface area contributed by atoms with Gasteiger partial charge in [0.05, 0.1) is 10.6 Å². The van der Waals surface area contributed by atoms with Crippen LogP contribution < -0.4 is 16.8 Å². The number of carbonyl (C=O) groups excluding carboxylic acids is 2. The highest BCUT2D eigenvalue weighted by atomic mass is 35.5. The smallest absolute Gasteiger partial charge is 0.250 e. The van der Waals surface area contributed by atoms with Crippen molar-refractivity contribution >= 4 is 29.1 Å². The molecule has 1 aliphatic carbocycles. The van der Waals surface area contributed by atoms with Crippen molar-refractivity contribution in [3.63, 3.8) is 0 Å². The Hall–Kier alpha value is -1.59. The summed E-state index contributed by atoms with van der Waals surface area (Å²) in [5, 5.41) is 3.01. The monoisotopic (exact) mass is 295 g/mol. The minimum Gasteiger partial charge on any atom is -0.366 e. The molecule has 108 valence electrons. The first-order chi connectivity index (χ1) is 9.46. The van der Waals surface area contributed by atoms with E-state index in [0.717, 1.165) is 19.3 Å². The first kappa shape index (κ1) is 14.8. The predicted octanol–water partition coefficient (Wildman–Crippen LogP) is 1.90. The molecule has 5 nitrogen and oxygen atoms in total. The highest BCUT2D eigenvalue weighted by Crippen LogP contribution is 2.43. The molecule has 20 heavy (non-hydrogen) atoms. The highest BCUT2D eigenvalue weighted by Gasteiger charge is 2.37. The molecular formula is C14H18ClN3O2. The van der Waals surface area contributed by atoms with Crippen LogP contribution in [-0.4, -0.2) is 18.4 Å². The van der Waals surface area contributed by atoms with Crippen LogP contribution in [0.5, 0.6) is 0 Å². The Kier molecular flexibility index (Phi) is 4.30. The van der Waals surface area contributed by atoms with E-state index in [0.29, 0.717) is 18.7 Å². The summed E-state index contributed by atoms with van der Waals surface area (Å²) in [6.07, 6.45) is 3.54. The second kappa shape index (κ2) is 5.81. The van der Waals surface area contributed by atoms with Gasteiger partial charge in [-0.15, -0.1) is 0 Å². The van der Waals surface area contributed by atoms with E-state index in [1.807, 2.05) is 0 Å². The van der Waals surface area contributed by atoms with Crippen LogP contribution in [-0.2, 0) is 4.79 Å². The Morgan fingerprint density at radius 3 is 2.50 bits per heavy atom. The van der Waals surface area contributed by atoms with Gasteiger partial charge < -0.3 is 16.8 Å². The zero-order valence-corrected chi connectivity index (χ0v) is 11.9. The maximum Gasteiger partial charge on any atom is 0.250 e. The molecular weight excluding hydrogens is 278 g/mol. The van der Waals surface area contributed by atoms with Crippen molar-refractivity contribution in [1.29, 1.82) is 0 Å². The van der Waals surface area contributed by atoms with Crippen LogP contribution in [0.4, 0.5) is 5.69 Å². The van der Waals surface area contributed by atoms with Crippen molar-refractivity contribution in [3.8, 4) is 0 Å². The van der Waals surface area contributed by atoms with E-state index in [1.165, 1.54) is 12.1 Å². The van der Waals surface area contributed by atoms with Gasteiger partial charge in [-0.1, -0.05) is 18.0 Å². The number of primary amides is 1. The molecule has 0 aromatic heterocycles. The van der Waals surface area contributed by atoms with Crippen LogP contribution in [0, 0.1) is 5.41 Å². The maximum absolute atomic E-state index is 12.0. The molecule has 0 bridgehead atoms. The highest BCUT2D eigenvalue weighted by molar-refractivity contribution is 6.34. The molecule has 1 fully saturated rings. The number of halogens is 1. The molecule has 0 saturated heterocycles. The van der Waals surface area contributed by atoms with Crippen LogP contribution in [0.2, 0.25) is 5.02 Å². The predicted molar refractivity (Wildman–Crippen MR) is 78.6 cm³/mol. The van der Waals surface area contributed by atoms with Crippen LogP contribution in [0.1, 0.15) is 36.0 Å². The maximum atomic E-state index is 12.0. The average Bonchev–Trinajstić information content (AvgIpc) is 2.33. The molecule has 0 aliphatic heterocycles. The van der Waals surface area contributed by atoms with Crippen LogP contribution in [0.15, 0.2) is 18.2 Å².